The van der Waals surface area contributed by atoms with Gasteiger partial charge in [-0.2, -0.15) is 4.89 Å². The second kappa shape index (κ2) is 6.26. The van der Waals surface area contributed by atoms with Gasteiger partial charge in [-0.25, -0.2) is 4.89 Å². The maximum Gasteiger partial charge on any atom is 0.212 e. The highest BCUT2D eigenvalue weighted by atomic mass is 17.2. The Labute approximate surface area is 93.3 Å². The summed E-state index contributed by atoms with van der Waals surface area (Å²) in [7, 11) is 0. The summed E-state index contributed by atoms with van der Waals surface area (Å²) in [5.41, 5.74) is 0.474. The molecule has 0 fully saturated rings. The van der Waals surface area contributed by atoms with Crippen LogP contribution in [0.2, 0.25) is 0 Å². The third kappa shape index (κ3) is 5.30. The first kappa shape index (κ1) is 14.6. The molecule has 0 radical (unpaired) electrons. The molecule has 0 N–H and O–H groups in total. The van der Waals surface area contributed by atoms with Gasteiger partial charge in [0.25, 0.3) is 0 Å². The van der Waals surface area contributed by atoms with Gasteiger partial charge in [0, 0.05) is 6.61 Å². The normalized spacial score (nSPS) is 14.3. The summed E-state index contributed by atoms with van der Waals surface area (Å²) < 4.78 is 5.33. The zero-order valence-corrected chi connectivity index (χ0v) is 10.8. The highest BCUT2D eigenvalue weighted by molar-refractivity contribution is 4.92. The molecule has 0 rings (SSSR count). The van der Waals surface area contributed by atoms with E-state index < -0.39 is 6.29 Å². The Kier molecular flexibility index (Phi) is 6.10. The second-order valence-electron chi connectivity index (χ2n) is 4.57. The smallest absolute Gasteiger partial charge is 0.212 e. The lowest BCUT2D eigenvalue weighted by Gasteiger charge is -2.29. The molecule has 1 unspecified atom stereocenters. The molecule has 3 heteroatoms. The van der Waals surface area contributed by atoms with Crippen molar-refractivity contribution in [1.29, 1.82) is 0 Å². The molecule has 0 aromatic carbocycles. The topological polar surface area (TPSA) is 27.7 Å². The molecular formula is C12H24O3. The Morgan fingerprint density at radius 1 is 1.33 bits per heavy atom. The predicted molar refractivity (Wildman–Crippen MR) is 61.3 cm³/mol. The molecule has 0 aliphatic heterocycles. The highest BCUT2D eigenvalue weighted by Crippen LogP contribution is 2.22. The maximum absolute atomic E-state index is 5.38. The van der Waals surface area contributed by atoms with Gasteiger partial charge in [0.15, 0.2) is 0 Å². The maximum atomic E-state index is 5.38. The van der Waals surface area contributed by atoms with Crippen molar-refractivity contribution in [3.8, 4) is 0 Å². The van der Waals surface area contributed by atoms with E-state index in [1.54, 1.807) is 0 Å². The summed E-state index contributed by atoms with van der Waals surface area (Å²) >= 11 is 0. The quantitative estimate of drug-likeness (QED) is 0.283. The van der Waals surface area contributed by atoms with Crippen LogP contribution in [0.3, 0.4) is 0 Å². The van der Waals surface area contributed by atoms with E-state index in [1.165, 1.54) is 0 Å². The molecule has 0 heterocycles. The second-order valence-corrected chi connectivity index (χ2v) is 4.57. The fraction of sp³-hybridized carbons (Fsp3) is 0.833. The molecule has 0 bridgehead atoms. The SMILES string of the molecule is C=C(C)C(OCC)OOC(C)(C)C(C)C. The Bertz CT molecular complexity index is 197. The van der Waals surface area contributed by atoms with E-state index in [0.29, 0.717) is 12.5 Å². The molecule has 3 nitrogen and oxygen atoms in total. The number of ether oxygens (including phenoxy) is 1. The van der Waals surface area contributed by atoms with Crippen molar-refractivity contribution in [3.63, 3.8) is 0 Å². The molecule has 0 aromatic heterocycles. The van der Waals surface area contributed by atoms with Crippen LogP contribution in [0, 0.1) is 5.92 Å². The minimum atomic E-state index is -0.479. The summed E-state index contributed by atoms with van der Waals surface area (Å²) in [6, 6.07) is 0. The average Bonchev–Trinajstić information content (AvgIpc) is 2.11. The van der Waals surface area contributed by atoms with Crippen molar-refractivity contribution in [2.24, 2.45) is 5.92 Å². The molecule has 1 atom stereocenters. The van der Waals surface area contributed by atoms with Crippen LogP contribution in [0.5, 0.6) is 0 Å². The summed E-state index contributed by atoms with van der Waals surface area (Å²) in [6.07, 6.45) is -0.479. The van der Waals surface area contributed by atoms with Crippen molar-refractivity contribution in [3.05, 3.63) is 12.2 Å². The Hall–Kier alpha value is -0.380. The van der Waals surface area contributed by atoms with E-state index in [9.17, 15) is 0 Å². The van der Waals surface area contributed by atoms with Crippen molar-refractivity contribution >= 4 is 0 Å². The first-order chi connectivity index (χ1) is 6.81. The molecule has 90 valence electrons. The van der Waals surface area contributed by atoms with Crippen LogP contribution in [0.4, 0.5) is 0 Å². The van der Waals surface area contributed by atoms with E-state index in [-0.39, 0.29) is 5.60 Å². The molecular weight excluding hydrogens is 192 g/mol. The van der Waals surface area contributed by atoms with Gasteiger partial charge < -0.3 is 4.74 Å². The Morgan fingerprint density at radius 3 is 2.20 bits per heavy atom. The Morgan fingerprint density at radius 2 is 1.87 bits per heavy atom. The zero-order chi connectivity index (χ0) is 12.1. The average molecular weight is 216 g/mol. The van der Waals surface area contributed by atoms with Gasteiger partial charge in [-0.05, 0) is 39.2 Å². The number of rotatable bonds is 7. The molecule has 0 aliphatic rings. The van der Waals surface area contributed by atoms with E-state index in [2.05, 4.69) is 20.4 Å². The molecule has 0 amide bonds. The van der Waals surface area contributed by atoms with Crippen molar-refractivity contribution in [1.82, 2.24) is 0 Å². The van der Waals surface area contributed by atoms with E-state index >= 15 is 0 Å². The first-order valence-electron chi connectivity index (χ1n) is 5.42. The minimum absolute atomic E-state index is 0.329. The third-order valence-electron chi connectivity index (χ3n) is 2.46. The molecule has 0 aliphatic carbocycles. The summed E-state index contributed by atoms with van der Waals surface area (Å²) in [5, 5.41) is 0. The third-order valence-corrected chi connectivity index (χ3v) is 2.46. The van der Waals surface area contributed by atoms with Gasteiger partial charge in [0.05, 0.1) is 0 Å². The van der Waals surface area contributed by atoms with Crippen molar-refractivity contribution in [2.45, 2.75) is 53.4 Å². The summed E-state index contributed by atoms with van der Waals surface area (Å²) in [5.74, 6) is 0.366. The van der Waals surface area contributed by atoms with Crippen molar-refractivity contribution < 1.29 is 14.5 Å². The number of hydrogen-bond acceptors (Lipinski definition) is 3. The lowest BCUT2D eigenvalue weighted by molar-refractivity contribution is -0.416. The van der Waals surface area contributed by atoms with Crippen LogP contribution in [0.1, 0.15) is 41.5 Å². The minimum Gasteiger partial charge on any atom is -0.347 e. The lowest BCUT2D eigenvalue weighted by Crippen LogP contribution is -2.34. The molecule has 0 aromatic rings. The highest BCUT2D eigenvalue weighted by Gasteiger charge is 2.26. The van der Waals surface area contributed by atoms with Gasteiger partial charge in [-0.15, -0.1) is 0 Å². The summed E-state index contributed by atoms with van der Waals surface area (Å²) in [4.78, 5) is 10.6. The van der Waals surface area contributed by atoms with Gasteiger partial charge in [-0.3, -0.25) is 0 Å². The fourth-order valence-corrected chi connectivity index (χ4v) is 0.667. The van der Waals surface area contributed by atoms with Crippen LogP contribution in [-0.2, 0) is 14.5 Å². The van der Waals surface area contributed by atoms with Crippen LogP contribution < -0.4 is 0 Å². The van der Waals surface area contributed by atoms with Crippen LogP contribution in [0.25, 0.3) is 0 Å². The largest absolute Gasteiger partial charge is 0.347 e. The van der Waals surface area contributed by atoms with E-state index in [4.69, 9.17) is 14.5 Å². The standard InChI is InChI=1S/C12H24O3/c1-8-13-11(9(2)3)14-15-12(6,7)10(4)5/h10-11H,2,8H2,1,3-7H3. The van der Waals surface area contributed by atoms with Gasteiger partial charge in [-0.1, -0.05) is 20.4 Å². The first-order valence-corrected chi connectivity index (χ1v) is 5.42. The van der Waals surface area contributed by atoms with Gasteiger partial charge in [0.1, 0.15) is 5.60 Å². The monoisotopic (exact) mass is 216 g/mol. The number of hydrogen-bond donors (Lipinski definition) is 0. The summed E-state index contributed by atoms with van der Waals surface area (Å²) in [6.45, 7) is 16.3. The van der Waals surface area contributed by atoms with Crippen molar-refractivity contribution in [2.75, 3.05) is 6.61 Å². The van der Waals surface area contributed by atoms with E-state index in [1.807, 2.05) is 27.7 Å². The van der Waals surface area contributed by atoms with E-state index in [0.717, 1.165) is 5.57 Å². The van der Waals surface area contributed by atoms with Crippen LogP contribution in [0.15, 0.2) is 12.2 Å². The fourth-order valence-electron chi connectivity index (χ4n) is 0.667. The lowest BCUT2D eigenvalue weighted by atomic mass is 9.95. The van der Waals surface area contributed by atoms with Crippen LogP contribution in [-0.4, -0.2) is 18.5 Å². The zero-order valence-electron chi connectivity index (χ0n) is 10.8. The molecule has 0 saturated carbocycles. The van der Waals surface area contributed by atoms with Gasteiger partial charge >= 0.3 is 0 Å². The molecule has 0 spiro atoms. The predicted octanol–water partition coefficient (Wildman–Crippen LogP) is 3.31. The molecule has 15 heavy (non-hydrogen) atoms. The Balaban J connectivity index is 4.15. The molecule has 0 saturated heterocycles. The van der Waals surface area contributed by atoms with Gasteiger partial charge in [0.2, 0.25) is 6.29 Å². The van der Waals surface area contributed by atoms with Crippen LogP contribution >= 0.6 is 0 Å².